The summed E-state index contributed by atoms with van der Waals surface area (Å²) in [6, 6.07) is 9.42. The van der Waals surface area contributed by atoms with Crippen molar-refractivity contribution in [1.82, 2.24) is 16.2 Å². The summed E-state index contributed by atoms with van der Waals surface area (Å²) in [5.41, 5.74) is 6.50. The second kappa shape index (κ2) is 6.72. The molecule has 2 rings (SSSR count). The molecule has 0 aliphatic rings. The molecule has 0 aliphatic carbocycles. The fraction of sp³-hybridized carbons (Fsp3) is 0.500. The molecule has 0 aliphatic heterocycles. The van der Waals surface area contributed by atoms with Crippen LogP contribution < -0.4 is 16.2 Å². The van der Waals surface area contributed by atoms with Crippen LogP contribution in [0.5, 0.6) is 0 Å². The Morgan fingerprint density at radius 3 is 2.52 bits per heavy atom. The van der Waals surface area contributed by atoms with Crippen molar-refractivity contribution in [3.8, 4) is 0 Å². The maximum atomic E-state index is 12.5. The predicted molar refractivity (Wildman–Crippen MR) is 93.2 cm³/mol. The van der Waals surface area contributed by atoms with E-state index in [1.54, 1.807) is 6.07 Å². The summed E-state index contributed by atoms with van der Waals surface area (Å²) in [6.07, 6.45) is 0.834. The summed E-state index contributed by atoms with van der Waals surface area (Å²) in [6.45, 7) is 9.23. The third-order valence-corrected chi connectivity index (χ3v) is 3.77. The quantitative estimate of drug-likeness (QED) is 0.687. The van der Waals surface area contributed by atoms with Crippen LogP contribution in [-0.4, -0.2) is 25.0 Å². The molecule has 3 N–H and O–H groups in total. The van der Waals surface area contributed by atoms with Crippen molar-refractivity contribution in [2.75, 3.05) is 13.6 Å². The van der Waals surface area contributed by atoms with E-state index in [1.165, 1.54) is 0 Å². The molecule has 5 heteroatoms. The van der Waals surface area contributed by atoms with Crippen molar-refractivity contribution >= 4 is 16.9 Å². The summed E-state index contributed by atoms with van der Waals surface area (Å²) in [5.74, 6) is 0.175. The molecule has 1 heterocycles. The van der Waals surface area contributed by atoms with Gasteiger partial charge >= 0.3 is 0 Å². The van der Waals surface area contributed by atoms with Gasteiger partial charge in [-0.1, -0.05) is 32.0 Å². The summed E-state index contributed by atoms with van der Waals surface area (Å²) < 4.78 is 5.64. The van der Waals surface area contributed by atoms with E-state index in [9.17, 15) is 4.79 Å². The van der Waals surface area contributed by atoms with Crippen molar-refractivity contribution in [3.63, 3.8) is 0 Å². The second-order valence-corrected chi connectivity index (χ2v) is 7.43. The average molecular weight is 317 g/mol. The van der Waals surface area contributed by atoms with Gasteiger partial charge in [-0.25, -0.2) is 0 Å². The van der Waals surface area contributed by atoms with Gasteiger partial charge in [0.2, 0.25) is 0 Å². The Labute approximate surface area is 137 Å². The van der Waals surface area contributed by atoms with Gasteiger partial charge in [0.05, 0.1) is 0 Å². The Hall–Kier alpha value is -1.85. The topological polar surface area (TPSA) is 66.3 Å². The fourth-order valence-electron chi connectivity index (χ4n) is 3.09. The first kappa shape index (κ1) is 17.5. The van der Waals surface area contributed by atoms with E-state index in [4.69, 9.17) is 4.42 Å². The number of para-hydroxylation sites is 1. The van der Waals surface area contributed by atoms with Crippen LogP contribution in [0.3, 0.4) is 0 Å². The Morgan fingerprint density at radius 1 is 1.17 bits per heavy atom. The smallest absolute Gasteiger partial charge is 0.287 e. The number of fused-ring (bicyclic) bond motifs is 1. The first-order valence-corrected chi connectivity index (χ1v) is 7.93. The maximum absolute atomic E-state index is 12.5. The number of nitrogens with one attached hydrogen (secondary N) is 3. The molecule has 1 aromatic carbocycles. The summed E-state index contributed by atoms with van der Waals surface area (Å²) in [7, 11) is 1.85. The maximum Gasteiger partial charge on any atom is 0.287 e. The first-order valence-electron chi connectivity index (χ1n) is 7.93. The lowest BCUT2D eigenvalue weighted by atomic mass is 9.80. The van der Waals surface area contributed by atoms with Gasteiger partial charge in [0.1, 0.15) is 5.58 Å². The van der Waals surface area contributed by atoms with E-state index in [1.807, 2.05) is 45.2 Å². The minimum absolute atomic E-state index is 0.0354. The van der Waals surface area contributed by atoms with Gasteiger partial charge in [0, 0.05) is 17.5 Å². The molecule has 0 fully saturated rings. The van der Waals surface area contributed by atoms with Crippen LogP contribution in [0.4, 0.5) is 0 Å². The summed E-state index contributed by atoms with van der Waals surface area (Å²) in [4.78, 5) is 12.5. The van der Waals surface area contributed by atoms with Crippen LogP contribution in [-0.2, 0) is 0 Å². The fourth-order valence-corrected chi connectivity index (χ4v) is 3.09. The normalized spacial score (nSPS) is 12.6. The van der Waals surface area contributed by atoms with Crippen LogP contribution in [0, 0.1) is 5.41 Å². The van der Waals surface area contributed by atoms with Crippen molar-refractivity contribution in [1.29, 1.82) is 0 Å². The van der Waals surface area contributed by atoms with Crippen LogP contribution in [0.1, 0.15) is 44.7 Å². The molecule has 0 saturated heterocycles. The monoisotopic (exact) mass is 317 g/mol. The zero-order chi connectivity index (χ0) is 17.1. The third kappa shape index (κ3) is 4.81. The number of furan rings is 1. The van der Waals surface area contributed by atoms with Crippen LogP contribution in [0.25, 0.3) is 11.0 Å². The van der Waals surface area contributed by atoms with Crippen LogP contribution in [0.15, 0.2) is 34.7 Å². The molecule has 2 aromatic rings. The largest absolute Gasteiger partial charge is 0.451 e. The third-order valence-electron chi connectivity index (χ3n) is 3.77. The van der Waals surface area contributed by atoms with Crippen molar-refractivity contribution in [2.24, 2.45) is 5.41 Å². The minimum Gasteiger partial charge on any atom is -0.451 e. The SMILES string of the molecule is CNNCC(C)(C)CC(C)(C)NC(=O)c1cc2ccccc2o1. The van der Waals surface area contributed by atoms with Crippen molar-refractivity contribution < 1.29 is 9.21 Å². The van der Waals surface area contributed by atoms with Gasteiger partial charge in [0.15, 0.2) is 5.76 Å². The number of carbonyl (C=O) groups is 1. The van der Waals surface area contributed by atoms with Gasteiger partial charge < -0.3 is 9.73 Å². The number of carbonyl (C=O) groups excluding carboxylic acids is 1. The number of benzene rings is 1. The van der Waals surface area contributed by atoms with Crippen LogP contribution >= 0.6 is 0 Å². The Balaban J connectivity index is 2.05. The Bertz CT molecular complexity index is 641. The van der Waals surface area contributed by atoms with Gasteiger partial charge in [0.25, 0.3) is 5.91 Å². The minimum atomic E-state index is -0.338. The molecule has 1 aromatic heterocycles. The number of hydrazine groups is 1. The van der Waals surface area contributed by atoms with Gasteiger partial charge in [-0.15, -0.1) is 0 Å². The lowest BCUT2D eigenvalue weighted by molar-refractivity contribution is 0.0859. The number of amides is 1. The zero-order valence-electron chi connectivity index (χ0n) is 14.6. The number of hydrogen-bond donors (Lipinski definition) is 3. The molecule has 23 heavy (non-hydrogen) atoms. The highest BCUT2D eigenvalue weighted by molar-refractivity contribution is 5.96. The standard InChI is InChI=1S/C18H27N3O2/c1-17(2,12-20-19-5)11-18(3,4)21-16(22)15-10-13-8-6-7-9-14(13)23-15/h6-10,19-20H,11-12H2,1-5H3,(H,21,22). The molecule has 0 unspecified atom stereocenters. The van der Waals surface area contributed by atoms with E-state index in [0.29, 0.717) is 5.76 Å². The molecule has 126 valence electrons. The highest BCUT2D eigenvalue weighted by Crippen LogP contribution is 2.28. The molecule has 5 nitrogen and oxygen atoms in total. The predicted octanol–water partition coefficient (Wildman–Crippen LogP) is 3.08. The highest BCUT2D eigenvalue weighted by atomic mass is 16.3. The summed E-state index contributed by atoms with van der Waals surface area (Å²) >= 11 is 0. The molecule has 0 radical (unpaired) electrons. The van der Waals surface area contributed by atoms with E-state index < -0.39 is 0 Å². The molecular formula is C18H27N3O2. The zero-order valence-corrected chi connectivity index (χ0v) is 14.6. The average Bonchev–Trinajstić information content (AvgIpc) is 2.87. The molecule has 1 amide bonds. The van der Waals surface area contributed by atoms with Crippen LogP contribution in [0.2, 0.25) is 0 Å². The summed E-state index contributed by atoms with van der Waals surface area (Å²) in [5, 5.41) is 4.02. The van der Waals surface area contributed by atoms with E-state index in [0.717, 1.165) is 23.9 Å². The van der Waals surface area contributed by atoms with Gasteiger partial charge in [-0.05, 0) is 44.9 Å². The van der Waals surface area contributed by atoms with Gasteiger partial charge in [-0.3, -0.25) is 15.6 Å². The molecule has 0 atom stereocenters. The molecule has 0 spiro atoms. The molecule has 0 bridgehead atoms. The lowest BCUT2D eigenvalue weighted by Crippen LogP contribution is -2.48. The van der Waals surface area contributed by atoms with E-state index in [-0.39, 0.29) is 16.9 Å². The Kier molecular flexibility index (Phi) is 5.12. The molecule has 0 saturated carbocycles. The molecular weight excluding hydrogens is 290 g/mol. The van der Waals surface area contributed by atoms with Gasteiger partial charge in [-0.2, -0.15) is 0 Å². The number of rotatable bonds is 7. The lowest BCUT2D eigenvalue weighted by Gasteiger charge is -2.35. The van der Waals surface area contributed by atoms with Crippen molar-refractivity contribution in [3.05, 3.63) is 36.1 Å². The van der Waals surface area contributed by atoms with E-state index in [2.05, 4.69) is 30.0 Å². The van der Waals surface area contributed by atoms with E-state index >= 15 is 0 Å². The van der Waals surface area contributed by atoms with Crippen molar-refractivity contribution in [2.45, 2.75) is 39.7 Å². The first-order chi connectivity index (χ1) is 10.7. The second-order valence-electron chi connectivity index (χ2n) is 7.43. The number of hydrogen-bond acceptors (Lipinski definition) is 4. The highest BCUT2D eigenvalue weighted by Gasteiger charge is 2.30. The Morgan fingerprint density at radius 2 is 1.87 bits per heavy atom.